The van der Waals surface area contributed by atoms with Crippen molar-refractivity contribution < 1.29 is 9.53 Å². The molecule has 0 saturated carbocycles. The van der Waals surface area contributed by atoms with E-state index in [1.165, 1.54) is 11.3 Å². The Morgan fingerprint density at radius 2 is 2.33 bits per heavy atom. The van der Waals surface area contributed by atoms with Crippen molar-refractivity contribution in [3.63, 3.8) is 0 Å². The van der Waals surface area contributed by atoms with Crippen molar-refractivity contribution in [2.24, 2.45) is 0 Å². The van der Waals surface area contributed by atoms with Crippen LogP contribution in [0.5, 0.6) is 0 Å². The van der Waals surface area contributed by atoms with Crippen LogP contribution in [0.15, 0.2) is 17.5 Å². The lowest BCUT2D eigenvalue weighted by atomic mass is 10.2. The summed E-state index contributed by atoms with van der Waals surface area (Å²) in [5.41, 5.74) is 0. The fourth-order valence-corrected chi connectivity index (χ4v) is 3.37. The Bertz CT molecular complexity index is 302. The molecule has 2 nitrogen and oxygen atoms in total. The van der Waals surface area contributed by atoms with Gasteiger partial charge < -0.3 is 4.74 Å². The fraction of sp³-hybridized carbons (Fsp3) is 0.545. The molecule has 0 unspecified atom stereocenters. The van der Waals surface area contributed by atoms with E-state index in [0.717, 1.165) is 30.9 Å². The third kappa shape index (κ3) is 3.33. The smallest absolute Gasteiger partial charge is 0.182 e. The topological polar surface area (TPSA) is 26.3 Å². The first-order valence-electron chi connectivity index (χ1n) is 5.12. The molecule has 1 aliphatic rings. The average molecular weight is 242 g/mol. The Kier molecular flexibility index (Phi) is 4.23. The molecule has 1 saturated heterocycles. The second kappa shape index (κ2) is 5.68. The van der Waals surface area contributed by atoms with E-state index in [1.807, 2.05) is 17.5 Å². The Morgan fingerprint density at radius 3 is 3.00 bits per heavy atom. The summed E-state index contributed by atoms with van der Waals surface area (Å²) < 4.78 is 5.28. The molecular formula is C11H14O2S2. The van der Waals surface area contributed by atoms with Crippen molar-refractivity contribution in [2.75, 3.05) is 19.0 Å². The molecule has 82 valence electrons. The highest BCUT2D eigenvalue weighted by molar-refractivity contribution is 8.00. The van der Waals surface area contributed by atoms with Crippen LogP contribution < -0.4 is 0 Å². The number of Topliss-reactive ketones (excluding diaryl/α,β-unsaturated/α-hetero) is 1. The van der Waals surface area contributed by atoms with Crippen molar-refractivity contribution in [3.05, 3.63) is 22.4 Å². The Labute approximate surface area is 98.0 Å². The van der Waals surface area contributed by atoms with Crippen LogP contribution in [0.2, 0.25) is 0 Å². The molecule has 15 heavy (non-hydrogen) atoms. The zero-order chi connectivity index (χ0) is 10.5. The first kappa shape index (κ1) is 11.2. The van der Waals surface area contributed by atoms with Crippen molar-refractivity contribution >= 4 is 28.9 Å². The SMILES string of the molecule is O=C(CSC1CCOCC1)c1cccs1. The molecule has 0 amide bonds. The van der Waals surface area contributed by atoms with E-state index >= 15 is 0 Å². The van der Waals surface area contributed by atoms with Crippen molar-refractivity contribution in [3.8, 4) is 0 Å². The molecule has 0 radical (unpaired) electrons. The molecule has 4 heteroatoms. The van der Waals surface area contributed by atoms with Gasteiger partial charge in [-0.15, -0.1) is 11.3 Å². The average Bonchev–Trinajstić information content (AvgIpc) is 2.81. The van der Waals surface area contributed by atoms with Crippen molar-refractivity contribution in [2.45, 2.75) is 18.1 Å². The highest BCUT2D eigenvalue weighted by atomic mass is 32.2. The summed E-state index contributed by atoms with van der Waals surface area (Å²) in [6.45, 7) is 1.70. The lowest BCUT2D eigenvalue weighted by Crippen LogP contribution is -2.19. The van der Waals surface area contributed by atoms with Crippen LogP contribution in [0.3, 0.4) is 0 Å². The summed E-state index contributed by atoms with van der Waals surface area (Å²) in [5, 5.41) is 2.56. The van der Waals surface area contributed by atoms with Crippen LogP contribution in [0.1, 0.15) is 22.5 Å². The molecule has 1 fully saturated rings. The summed E-state index contributed by atoms with van der Waals surface area (Å²) in [6, 6.07) is 3.83. The number of thioether (sulfide) groups is 1. The fourth-order valence-electron chi connectivity index (χ4n) is 1.54. The highest BCUT2D eigenvalue weighted by Gasteiger charge is 2.16. The molecule has 2 heterocycles. The number of ketones is 1. The first-order chi connectivity index (χ1) is 7.36. The van der Waals surface area contributed by atoms with Gasteiger partial charge in [-0.3, -0.25) is 4.79 Å². The molecular weight excluding hydrogens is 228 g/mol. The largest absolute Gasteiger partial charge is 0.381 e. The van der Waals surface area contributed by atoms with Gasteiger partial charge in [-0.2, -0.15) is 11.8 Å². The summed E-state index contributed by atoms with van der Waals surface area (Å²) in [5.74, 6) is 0.882. The van der Waals surface area contributed by atoms with Gasteiger partial charge in [0.15, 0.2) is 5.78 Å². The van der Waals surface area contributed by atoms with E-state index in [2.05, 4.69) is 0 Å². The third-order valence-corrected chi connectivity index (χ3v) is 4.70. The maximum atomic E-state index is 11.7. The Morgan fingerprint density at radius 1 is 1.53 bits per heavy atom. The van der Waals surface area contributed by atoms with Crippen LogP contribution in [-0.4, -0.2) is 30.0 Å². The van der Waals surface area contributed by atoms with Crippen molar-refractivity contribution in [1.82, 2.24) is 0 Å². The molecule has 0 bridgehead atoms. The molecule has 1 aromatic rings. The minimum atomic E-state index is 0.265. The van der Waals surface area contributed by atoms with Gasteiger partial charge >= 0.3 is 0 Å². The van der Waals surface area contributed by atoms with E-state index in [0.29, 0.717) is 11.0 Å². The molecule has 2 rings (SSSR count). The molecule has 0 N–H and O–H groups in total. The van der Waals surface area contributed by atoms with Gasteiger partial charge in [-0.05, 0) is 24.3 Å². The predicted molar refractivity (Wildman–Crippen MR) is 64.9 cm³/mol. The van der Waals surface area contributed by atoms with Gasteiger partial charge in [0.2, 0.25) is 0 Å². The van der Waals surface area contributed by atoms with Gasteiger partial charge in [0, 0.05) is 18.5 Å². The standard InChI is InChI=1S/C11H14O2S2/c12-10(11-2-1-7-14-11)8-15-9-3-5-13-6-4-9/h1-2,7,9H,3-6,8H2. The zero-order valence-corrected chi connectivity index (χ0v) is 10.1. The van der Waals surface area contributed by atoms with Crippen LogP contribution in [0.4, 0.5) is 0 Å². The summed E-state index contributed by atoms with van der Waals surface area (Å²) in [7, 11) is 0. The van der Waals surface area contributed by atoms with Crippen molar-refractivity contribution in [1.29, 1.82) is 0 Å². The number of hydrogen-bond acceptors (Lipinski definition) is 4. The van der Waals surface area contributed by atoms with E-state index in [4.69, 9.17) is 4.74 Å². The lowest BCUT2D eigenvalue weighted by molar-refractivity contribution is 0.0989. The molecule has 1 aliphatic heterocycles. The summed E-state index contributed by atoms with van der Waals surface area (Å²) >= 11 is 3.31. The van der Waals surface area contributed by atoms with E-state index < -0.39 is 0 Å². The normalized spacial score (nSPS) is 17.9. The van der Waals surface area contributed by atoms with Crippen LogP contribution >= 0.6 is 23.1 Å². The maximum absolute atomic E-state index is 11.7. The number of ether oxygens (including phenoxy) is 1. The lowest BCUT2D eigenvalue weighted by Gasteiger charge is -2.20. The number of carbonyl (C=O) groups is 1. The maximum Gasteiger partial charge on any atom is 0.182 e. The van der Waals surface area contributed by atoms with Gasteiger partial charge in [0.05, 0.1) is 10.6 Å². The second-order valence-corrected chi connectivity index (χ2v) is 5.76. The Balaban J connectivity index is 1.75. The molecule has 0 aromatic carbocycles. The number of thiophene rings is 1. The van der Waals surface area contributed by atoms with Crippen LogP contribution in [0, 0.1) is 0 Å². The van der Waals surface area contributed by atoms with Crippen LogP contribution in [-0.2, 0) is 4.74 Å². The number of carbonyl (C=O) groups excluding carboxylic acids is 1. The predicted octanol–water partition coefficient (Wildman–Crippen LogP) is 2.84. The molecule has 0 aliphatic carbocycles. The van der Waals surface area contributed by atoms with Gasteiger partial charge in [-0.25, -0.2) is 0 Å². The van der Waals surface area contributed by atoms with Gasteiger partial charge in [0.1, 0.15) is 0 Å². The second-order valence-electron chi connectivity index (χ2n) is 3.52. The van der Waals surface area contributed by atoms with E-state index in [9.17, 15) is 4.79 Å². The number of hydrogen-bond donors (Lipinski definition) is 0. The van der Waals surface area contributed by atoms with Gasteiger partial charge in [-0.1, -0.05) is 6.07 Å². The van der Waals surface area contributed by atoms with E-state index in [-0.39, 0.29) is 5.78 Å². The van der Waals surface area contributed by atoms with E-state index in [1.54, 1.807) is 11.8 Å². The number of rotatable bonds is 4. The molecule has 1 aromatic heterocycles. The minimum absolute atomic E-state index is 0.265. The summed E-state index contributed by atoms with van der Waals surface area (Å²) in [4.78, 5) is 12.6. The third-order valence-electron chi connectivity index (χ3n) is 2.41. The first-order valence-corrected chi connectivity index (χ1v) is 7.05. The molecule has 0 atom stereocenters. The zero-order valence-electron chi connectivity index (χ0n) is 8.48. The minimum Gasteiger partial charge on any atom is -0.381 e. The quantitative estimate of drug-likeness (QED) is 0.759. The monoisotopic (exact) mass is 242 g/mol. The van der Waals surface area contributed by atoms with Gasteiger partial charge in [0.25, 0.3) is 0 Å². The molecule has 0 spiro atoms. The van der Waals surface area contributed by atoms with Crippen LogP contribution in [0.25, 0.3) is 0 Å². The Hall–Kier alpha value is -0.320. The summed E-state index contributed by atoms with van der Waals surface area (Å²) in [6.07, 6.45) is 2.17. The highest BCUT2D eigenvalue weighted by Crippen LogP contribution is 2.23.